The average molecular weight is 490 g/mol. The summed E-state index contributed by atoms with van der Waals surface area (Å²) in [4.78, 5) is 25.2. The molecule has 2 aliphatic rings. The summed E-state index contributed by atoms with van der Waals surface area (Å²) in [6.07, 6.45) is -0.474. The summed E-state index contributed by atoms with van der Waals surface area (Å²) in [6, 6.07) is 10.2. The van der Waals surface area contributed by atoms with Crippen LogP contribution in [0.2, 0.25) is 0 Å². The lowest BCUT2D eigenvalue weighted by Crippen LogP contribution is -2.56. The van der Waals surface area contributed by atoms with E-state index in [4.69, 9.17) is 4.74 Å². The third-order valence-electron chi connectivity index (χ3n) is 6.76. The van der Waals surface area contributed by atoms with Crippen molar-refractivity contribution < 1.29 is 37.7 Å². The fraction of sp³-hybridized carbons (Fsp3) is 0.462. The first-order chi connectivity index (χ1) is 16.6. The van der Waals surface area contributed by atoms with E-state index < -0.39 is 23.7 Å². The number of carboxylic acid groups (broad SMARTS) is 1. The van der Waals surface area contributed by atoms with Crippen molar-refractivity contribution in [3.63, 3.8) is 0 Å². The molecular formula is C26H29F2NO6. The second kappa shape index (κ2) is 9.71. The van der Waals surface area contributed by atoms with Crippen LogP contribution in [0.15, 0.2) is 36.4 Å². The molecule has 1 aliphatic carbocycles. The summed E-state index contributed by atoms with van der Waals surface area (Å²) in [5, 5.41) is 12.5. The van der Waals surface area contributed by atoms with E-state index in [9.17, 15) is 23.5 Å². The molecule has 35 heavy (non-hydrogen) atoms. The molecule has 0 saturated heterocycles. The Morgan fingerprint density at radius 1 is 1.17 bits per heavy atom. The molecule has 0 radical (unpaired) electrons. The van der Waals surface area contributed by atoms with Gasteiger partial charge in [-0.2, -0.15) is 0 Å². The molecule has 0 atom stereocenters. The molecule has 1 heterocycles. The van der Waals surface area contributed by atoms with Gasteiger partial charge in [0.1, 0.15) is 5.54 Å². The predicted molar refractivity (Wildman–Crippen MR) is 123 cm³/mol. The van der Waals surface area contributed by atoms with Gasteiger partial charge in [0, 0.05) is 12.0 Å². The van der Waals surface area contributed by atoms with Crippen LogP contribution in [0, 0.1) is 12.8 Å². The Morgan fingerprint density at radius 3 is 2.57 bits per heavy atom. The van der Waals surface area contributed by atoms with Gasteiger partial charge in [0.25, 0.3) is 5.91 Å². The number of fused-ring (bicyclic) bond motifs is 1. The Bertz CT molecular complexity index is 1110. The quantitative estimate of drug-likeness (QED) is 0.536. The summed E-state index contributed by atoms with van der Waals surface area (Å²) in [6.45, 7) is 4.17. The average Bonchev–Trinajstić information content (AvgIpc) is 3.13. The van der Waals surface area contributed by atoms with Crippen LogP contribution in [0.1, 0.15) is 60.5 Å². The minimum absolute atomic E-state index is 0.0474. The lowest BCUT2D eigenvalue weighted by Gasteiger charge is -2.37. The molecule has 1 amide bonds. The van der Waals surface area contributed by atoms with Crippen LogP contribution >= 0.6 is 0 Å². The fourth-order valence-electron chi connectivity index (χ4n) is 4.67. The number of aryl methyl sites for hydroxylation is 1. The molecule has 9 heteroatoms. The van der Waals surface area contributed by atoms with Crippen LogP contribution < -0.4 is 19.5 Å². The normalized spacial score (nSPS) is 22.5. The summed E-state index contributed by atoms with van der Waals surface area (Å²) in [5.41, 5.74) is 0.631. The zero-order valence-corrected chi connectivity index (χ0v) is 19.7. The van der Waals surface area contributed by atoms with E-state index in [2.05, 4.69) is 21.7 Å². The third kappa shape index (κ3) is 5.49. The van der Waals surface area contributed by atoms with Crippen LogP contribution in [0.5, 0.6) is 17.2 Å². The number of carbonyl (C=O) groups excluding carboxylic acids is 1. The molecule has 2 N–H and O–H groups in total. The summed E-state index contributed by atoms with van der Waals surface area (Å²) < 4.78 is 42.5. The van der Waals surface area contributed by atoms with E-state index in [0.717, 1.165) is 23.6 Å². The molecule has 1 saturated carbocycles. The van der Waals surface area contributed by atoms with E-state index >= 15 is 0 Å². The van der Waals surface area contributed by atoms with Gasteiger partial charge in [-0.15, -0.1) is 8.78 Å². The van der Waals surface area contributed by atoms with Gasteiger partial charge in [-0.3, -0.25) is 4.79 Å². The number of aliphatic carboxylic acids is 1. The van der Waals surface area contributed by atoms with Crippen molar-refractivity contribution in [1.29, 1.82) is 0 Å². The smallest absolute Gasteiger partial charge is 0.489 e. The number of nitrogens with one attached hydrogen (secondary N) is 1. The maximum Gasteiger partial charge on any atom is 0.586 e. The van der Waals surface area contributed by atoms with Gasteiger partial charge in [0.2, 0.25) is 5.75 Å². The highest BCUT2D eigenvalue weighted by molar-refractivity contribution is 5.99. The van der Waals surface area contributed by atoms with Crippen molar-refractivity contribution in [2.24, 2.45) is 5.92 Å². The Kier molecular flexibility index (Phi) is 6.87. The monoisotopic (exact) mass is 489 g/mol. The number of carboxylic acids is 1. The fourth-order valence-corrected chi connectivity index (χ4v) is 4.67. The molecule has 4 rings (SSSR count). The van der Waals surface area contributed by atoms with Gasteiger partial charge in [0.15, 0.2) is 11.5 Å². The van der Waals surface area contributed by atoms with Crippen LogP contribution in [-0.2, 0) is 11.2 Å². The lowest BCUT2D eigenvalue weighted by atomic mass is 9.75. The second-order valence-electron chi connectivity index (χ2n) is 9.25. The number of halogens is 2. The molecule has 1 aliphatic heterocycles. The van der Waals surface area contributed by atoms with Crippen molar-refractivity contribution in [1.82, 2.24) is 5.32 Å². The third-order valence-corrected chi connectivity index (χ3v) is 6.76. The minimum atomic E-state index is -3.90. The Labute approximate surface area is 202 Å². The molecular weight excluding hydrogens is 460 g/mol. The lowest BCUT2D eigenvalue weighted by molar-refractivity contribution is -0.287. The Morgan fingerprint density at radius 2 is 1.91 bits per heavy atom. The molecule has 1 fully saturated rings. The first kappa shape index (κ1) is 24.8. The van der Waals surface area contributed by atoms with Gasteiger partial charge >= 0.3 is 12.3 Å². The summed E-state index contributed by atoms with van der Waals surface area (Å²) >= 11 is 0. The van der Waals surface area contributed by atoms with E-state index in [1.807, 2.05) is 31.2 Å². The number of amides is 1. The molecule has 0 spiro atoms. The van der Waals surface area contributed by atoms with Crippen LogP contribution in [0.25, 0.3) is 0 Å². The molecule has 0 unspecified atom stereocenters. The highest BCUT2D eigenvalue weighted by atomic mass is 19.3. The zero-order valence-electron chi connectivity index (χ0n) is 19.7. The number of carbonyl (C=O) groups is 2. The Hall–Kier alpha value is -3.36. The molecule has 0 aromatic heterocycles. The van der Waals surface area contributed by atoms with E-state index in [-0.39, 0.29) is 29.4 Å². The molecule has 0 bridgehead atoms. The van der Waals surface area contributed by atoms with Crippen molar-refractivity contribution in [2.45, 2.75) is 64.2 Å². The van der Waals surface area contributed by atoms with E-state index in [1.165, 1.54) is 6.07 Å². The van der Waals surface area contributed by atoms with E-state index in [0.29, 0.717) is 38.0 Å². The van der Waals surface area contributed by atoms with Crippen molar-refractivity contribution in [3.05, 3.63) is 53.1 Å². The highest BCUT2D eigenvalue weighted by Crippen LogP contribution is 2.48. The Balaban J connectivity index is 1.54. The topological polar surface area (TPSA) is 94.1 Å². The van der Waals surface area contributed by atoms with E-state index in [1.54, 1.807) is 0 Å². The minimum Gasteiger partial charge on any atom is -0.489 e. The van der Waals surface area contributed by atoms with Gasteiger partial charge < -0.3 is 24.6 Å². The number of alkyl halides is 2. The van der Waals surface area contributed by atoms with Gasteiger partial charge in [-0.25, -0.2) is 4.79 Å². The van der Waals surface area contributed by atoms with Crippen molar-refractivity contribution >= 4 is 11.9 Å². The maximum absolute atomic E-state index is 13.8. The van der Waals surface area contributed by atoms with Crippen LogP contribution in [0.4, 0.5) is 8.78 Å². The summed E-state index contributed by atoms with van der Waals surface area (Å²) in [5.74, 6) is -2.11. The highest BCUT2D eigenvalue weighted by Gasteiger charge is 2.47. The van der Waals surface area contributed by atoms with Crippen LogP contribution in [-0.4, -0.2) is 35.4 Å². The first-order valence-electron chi connectivity index (χ1n) is 11.8. The molecule has 2 aromatic carbocycles. The van der Waals surface area contributed by atoms with Gasteiger partial charge in [0.05, 0.1) is 6.61 Å². The summed E-state index contributed by atoms with van der Waals surface area (Å²) in [7, 11) is 0. The number of ether oxygens (including phenoxy) is 3. The van der Waals surface area contributed by atoms with Crippen molar-refractivity contribution in [3.8, 4) is 17.2 Å². The maximum atomic E-state index is 13.8. The molecule has 7 nitrogen and oxygen atoms in total. The van der Waals surface area contributed by atoms with Gasteiger partial charge in [-0.05, 0) is 56.2 Å². The second-order valence-corrected chi connectivity index (χ2v) is 9.25. The van der Waals surface area contributed by atoms with Crippen LogP contribution in [0.3, 0.4) is 0 Å². The van der Waals surface area contributed by atoms with Gasteiger partial charge in [-0.1, -0.05) is 43.2 Å². The zero-order chi connectivity index (χ0) is 25.2. The molecule has 188 valence electrons. The number of hydrogen-bond acceptors (Lipinski definition) is 5. The number of rotatable bonds is 8. The largest absolute Gasteiger partial charge is 0.586 e. The first-order valence-corrected chi connectivity index (χ1v) is 11.8. The van der Waals surface area contributed by atoms with Crippen molar-refractivity contribution in [2.75, 3.05) is 6.61 Å². The number of hydrogen-bond donors (Lipinski definition) is 2. The standard InChI is InChI=1S/C26H29F2NO6/c1-3-17-7-10-25(11-8-17,24(31)32)29-23(30)19-14-20(22-21(15-19)34-26(27,28)35-22)33-12-9-18-6-4-5-16(2)13-18/h4-6,13-15,17H,3,7-12H2,1-2H3,(H,29,30)(H,31,32)/t17-,25-. The predicted octanol–water partition coefficient (Wildman–Crippen LogP) is 5.09. The number of benzene rings is 2. The molecule has 2 aromatic rings. The SMILES string of the molecule is CC[C@H]1CC[C@@](NC(=O)c2cc(OCCc3cccc(C)c3)c3c(c2)OC(F)(F)O3)(C(=O)O)CC1.